The second kappa shape index (κ2) is 2.29. The average molecular weight is 124 g/mol. The lowest BCUT2D eigenvalue weighted by molar-refractivity contribution is 0.826. The van der Waals surface area contributed by atoms with Crippen LogP contribution in [-0.4, -0.2) is 18.1 Å². The van der Waals surface area contributed by atoms with E-state index < -0.39 is 0 Å². The summed E-state index contributed by atoms with van der Waals surface area (Å²) in [6.45, 7) is 6.36. The van der Waals surface area contributed by atoms with E-state index >= 15 is 0 Å². The van der Waals surface area contributed by atoms with E-state index in [1.54, 1.807) is 6.34 Å². The number of hydrogen-bond donors (Lipinski definition) is 0. The van der Waals surface area contributed by atoms with Crippen LogP contribution in [0, 0.1) is 5.92 Å². The fourth-order valence-electron chi connectivity index (χ4n) is 1.02. The van der Waals surface area contributed by atoms with Gasteiger partial charge in [0.1, 0.15) is 6.34 Å². The van der Waals surface area contributed by atoms with Crippen molar-refractivity contribution in [2.45, 2.75) is 26.8 Å². The summed E-state index contributed by atoms with van der Waals surface area (Å²) in [6, 6.07) is 0.324. The summed E-state index contributed by atoms with van der Waals surface area (Å²) in [7, 11) is 0. The van der Waals surface area contributed by atoms with Crippen LogP contribution >= 0.6 is 0 Å². The molecule has 0 aromatic rings. The van der Waals surface area contributed by atoms with Gasteiger partial charge in [0.05, 0.1) is 6.04 Å². The van der Waals surface area contributed by atoms with Gasteiger partial charge in [-0.05, 0) is 12.8 Å². The van der Waals surface area contributed by atoms with Crippen molar-refractivity contribution in [2.75, 3.05) is 0 Å². The SMILES string of the molecule is CC(C)C1=NC=NC1C. The molecule has 0 spiro atoms. The summed E-state index contributed by atoms with van der Waals surface area (Å²) in [4.78, 5) is 8.25. The Bertz CT molecular complexity index is 156. The van der Waals surface area contributed by atoms with Gasteiger partial charge in [-0.25, -0.2) is 4.99 Å². The quantitative estimate of drug-likeness (QED) is 0.506. The molecule has 0 fully saturated rings. The van der Waals surface area contributed by atoms with Crippen LogP contribution in [0.3, 0.4) is 0 Å². The second-order valence-electron chi connectivity index (χ2n) is 2.65. The summed E-state index contributed by atoms with van der Waals surface area (Å²) in [5, 5.41) is 0. The van der Waals surface area contributed by atoms with Crippen LogP contribution < -0.4 is 0 Å². The molecule has 0 radical (unpaired) electrons. The third-order valence-electron chi connectivity index (χ3n) is 1.52. The molecular weight excluding hydrogens is 112 g/mol. The van der Waals surface area contributed by atoms with Gasteiger partial charge in [0.2, 0.25) is 0 Å². The minimum atomic E-state index is 0.324. The zero-order valence-electron chi connectivity index (χ0n) is 6.13. The van der Waals surface area contributed by atoms with Crippen LogP contribution in [0.4, 0.5) is 0 Å². The van der Waals surface area contributed by atoms with Crippen molar-refractivity contribution in [2.24, 2.45) is 15.9 Å². The number of rotatable bonds is 1. The van der Waals surface area contributed by atoms with Crippen molar-refractivity contribution in [3.05, 3.63) is 0 Å². The van der Waals surface area contributed by atoms with E-state index in [0.29, 0.717) is 12.0 Å². The predicted octanol–water partition coefficient (Wildman–Crippen LogP) is 1.51. The Morgan fingerprint density at radius 2 is 2.22 bits per heavy atom. The van der Waals surface area contributed by atoms with E-state index in [-0.39, 0.29) is 0 Å². The van der Waals surface area contributed by atoms with Gasteiger partial charge in [-0.2, -0.15) is 0 Å². The Morgan fingerprint density at radius 1 is 1.56 bits per heavy atom. The third kappa shape index (κ3) is 1.18. The molecule has 1 heterocycles. The molecule has 9 heavy (non-hydrogen) atoms. The maximum atomic E-state index is 4.14. The van der Waals surface area contributed by atoms with Crippen molar-refractivity contribution in [1.82, 2.24) is 0 Å². The highest BCUT2D eigenvalue weighted by molar-refractivity contribution is 5.99. The molecule has 0 aromatic heterocycles. The summed E-state index contributed by atoms with van der Waals surface area (Å²) >= 11 is 0. The summed E-state index contributed by atoms with van der Waals surface area (Å²) in [6.07, 6.45) is 1.65. The van der Waals surface area contributed by atoms with Crippen molar-refractivity contribution < 1.29 is 0 Å². The average Bonchev–Trinajstić information content (AvgIpc) is 2.13. The molecule has 50 valence electrons. The Kier molecular flexibility index (Phi) is 1.65. The molecule has 0 bridgehead atoms. The Hall–Kier alpha value is -0.660. The zero-order valence-corrected chi connectivity index (χ0v) is 6.13. The van der Waals surface area contributed by atoms with Gasteiger partial charge in [0.15, 0.2) is 0 Å². The van der Waals surface area contributed by atoms with Crippen LogP contribution in [0.5, 0.6) is 0 Å². The van der Waals surface area contributed by atoms with Crippen LogP contribution in [0.1, 0.15) is 20.8 Å². The maximum absolute atomic E-state index is 4.14. The number of aliphatic imine (C=N–C) groups is 2. The van der Waals surface area contributed by atoms with E-state index in [0.717, 1.165) is 0 Å². The standard InChI is InChI=1S/C7H12N2/c1-5(2)7-6(3)8-4-9-7/h4-6H,1-3H3. The van der Waals surface area contributed by atoms with E-state index in [1.165, 1.54) is 5.71 Å². The molecule has 0 aromatic carbocycles. The van der Waals surface area contributed by atoms with Crippen molar-refractivity contribution in [3.63, 3.8) is 0 Å². The highest BCUT2D eigenvalue weighted by Gasteiger charge is 2.14. The van der Waals surface area contributed by atoms with Crippen molar-refractivity contribution in [1.29, 1.82) is 0 Å². The van der Waals surface area contributed by atoms with Gasteiger partial charge >= 0.3 is 0 Å². The molecule has 2 heteroatoms. The van der Waals surface area contributed by atoms with Crippen LogP contribution in [0.25, 0.3) is 0 Å². The molecule has 2 nitrogen and oxygen atoms in total. The molecule has 1 aliphatic heterocycles. The van der Waals surface area contributed by atoms with E-state index in [2.05, 4.69) is 30.8 Å². The fraction of sp³-hybridized carbons (Fsp3) is 0.714. The predicted molar refractivity (Wildman–Crippen MR) is 40.2 cm³/mol. The van der Waals surface area contributed by atoms with E-state index in [4.69, 9.17) is 0 Å². The first-order valence-electron chi connectivity index (χ1n) is 3.31. The molecule has 1 unspecified atom stereocenters. The third-order valence-corrected chi connectivity index (χ3v) is 1.52. The monoisotopic (exact) mass is 124 g/mol. The first-order valence-corrected chi connectivity index (χ1v) is 3.31. The van der Waals surface area contributed by atoms with Gasteiger partial charge in [-0.1, -0.05) is 13.8 Å². The molecule has 0 saturated carbocycles. The van der Waals surface area contributed by atoms with E-state index in [1.807, 2.05) is 0 Å². The number of hydrogen-bond acceptors (Lipinski definition) is 2. The summed E-state index contributed by atoms with van der Waals surface area (Å²) in [5.41, 5.74) is 1.20. The minimum absolute atomic E-state index is 0.324. The van der Waals surface area contributed by atoms with Crippen LogP contribution in [-0.2, 0) is 0 Å². The molecular formula is C7H12N2. The summed E-state index contributed by atoms with van der Waals surface area (Å²) < 4.78 is 0. The zero-order chi connectivity index (χ0) is 6.85. The lowest BCUT2D eigenvalue weighted by Gasteiger charge is -2.07. The van der Waals surface area contributed by atoms with Gasteiger partial charge < -0.3 is 0 Å². The van der Waals surface area contributed by atoms with Crippen LogP contribution in [0.2, 0.25) is 0 Å². The Morgan fingerprint density at radius 3 is 2.44 bits per heavy atom. The second-order valence-corrected chi connectivity index (χ2v) is 2.65. The number of nitrogens with zero attached hydrogens (tertiary/aromatic N) is 2. The summed E-state index contributed by atoms with van der Waals surface area (Å²) in [5.74, 6) is 0.544. The topological polar surface area (TPSA) is 24.7 Å². The largest absolute Gasteiger partial charge is 0.264 e. The molecule has 0 aliphatic carbocycles. The van der Waals surface area contributed by atoms with Gasteiger partial charge in [-0.15, -0.1) is 0 Å². The highest BCUT2D eigenvalue weighted by Crippen LogP contribution is 2.08. The molecule has 1 atom stereocenters. The molecule has 1 rings (SSSR count). The molecule has 0 saturated heterocycles. The van der Waals surface area contributed by atoms with E-state index in [9.17, 15) is 0 Å². The highest BCUT2D eigenvalue weighted by atomic mass is 15.0. The van der Waals surface area contributed by atoms with Crippen molar-refractivity contribution in [3.8, 4) is 0 Å². The first kappa shape index (κ1) is 6.46. The van der Waals surface area contributed by atoms with Gasteiger partial charge in [0, 0.05) is 5.71 Å². The van der Waals surface area contributed by atoms with Gasteiger partial charge in [-0.3, -0.25) is 4.99 Å². The normalized spacial score (nSPS) is 25.3. The molecule has 0 N–H and O–H groups in total. The Balaban J connectivity index is 2.64. The van der Waals surface area contributed by atoms with Crippen LogP contribution in [0.15, 0.2) is 9.98 Å². The fourth-order valence-corrected chi connectivity index (χ4v) is 1.02. The van der Waals surface area contributed by atoms with Gasteiger partial charge in [0.25, 0.3) is 0 Å². The first-order chi connectivity index (χ1) is 4.22. The molecule has 1 aliphatic rings. The van der Waals surface area contributed by atoms with Crippen molar-refractivity contribution >= 4 is 12.1 Å². The minimum Gasteiger partial charge on any atom is -0.264 e. The molecule has 0 amide bonds. The Labute approximate surface area is 55.7 Å². The smallest absolute Gasteiger partial charge is 0.110 e. The lowest BCUT2D eigenvalue weighted by Crippen LogP contribution is -2.17. The lowest BCUT2D eigenvalue weighted by atomic mass is 10.0. The maximum Gasteiger partial charge on any atom is 0.110 e.